The van der Waals surface area contributed by atoms with E-state index in [0.717, 1.165) is 30.3 Å². The fraction of sp³-hybridized carbons (Fsp3) is 0.400. The van der Waals surface area contributed by atoms with Gasteiger partial charge in [-0.05, 0) is 43.4 Å². The Labute approximate surface area is 167 Å². The normalized spacial score (nSPS) is 24.2. The molecule has 6 nitrogen and oxygen atoms in total. The smallest absolute Gasteiger partial charge is 0.240 e. The Morgan fingerprint density at radius 1 is 1.32 bits per heavy atom. The third-order valence-corrected chi connectivity index (χ3v) is 5.47. The molecule has 1 aliphatic heterocycles. The first-order valence-electron chi connectivity index (χ1n) is 9.05. The molecular weight excluding hydrogens is 379 g/mol. The van der Waals surface area contributed by atoms with Crippen molar-refractivity contribution in [1.29, 1.82) is 0 Å². The number of halogens is 1. The lowest BCUT2D eigenvalue weighted by Crippen LogP contribution is -2.28. The van der Waals surface area contributed by atoms with Crippen molar-refractivity contribution < 1.29 is 14.0 Å². The van der Waals surface area contributed by atoms with E-state index in [-0.39, 0.29) is 23.4 Å². The molecule has 0 aromatic heterocycles. The van der Waals surface area contributed by atoms with Crippen molar-refractivity contribution in [2.45, 2.75) is 45.3 Å². The number of hydrogen-bond donors (Lipinski definition) is 2. The largest absolute Gasteiger partial charge is 0.324 e. The van der Waals surface area contributed by atoms with Crippen molar-refractivity contribution in [2.75, 3.05) is 5.32 Å². The highest BCUT2D eigenvalue weighted by atomic mass is 32.2. The van der Waals surface area contributed by atoms with E-state index in [2.05, 4.69) is 41.6 Å². The van der Waals surface area contributed by atoms with Crippen LogP contribution in [0.15, 0.2) is 46.1 Å². The molecule has 0 saturated carbocycles. The Morgan fingerprint density at radius 2 is 2.07 bits per heavy atom. The number of benzene rings is 1. The van der Waals surface area contributed by atoms with Gasteiger partial charge in [0.2, 0.25) is 11.8 Å². The molecule has 1 saturated heterocycles. The van der Waals surface area contributed by atoms with Crippen LogP contribution in [0, 0.1) is 11.2 Å². The van der Waals surface area contributed by atoms with E-state index in [1.54, 1.807) is 12.1 Å². The summed E-state index contributed by atoms with van der Waals surface area (Å²) in [5.74, 6) is -1.25. The average Bonchev–Trinajstić information content (AvgIpc) is 2.93. The second-order valence-electron chi connectivity index (χ2n) is 7.83. The van der Waals surface area contributed by atoms with Crippen LogP contribution in [0.2, 0.25) is 0 Å². The first kappa shape index (κ1) is 20.3. The van der Waals surface area contributed by atoms with Crippen LogP contribution in [0.25, 0.3) is 0 Å². The zero-order valence-electron chi connectivity index (χ0n) is 16.1. The Balaban J connectivity index is 1.61. The molecule has 1 fully saturated rings. The molecule has 1 aromatic rings. The minimum absolute atomic E-state index is 0.0769. The van der Waals surface area contributed by atoms with Gasteiger partial charge in [0.05, 0.1) is 11.4 Å². The van der Waals surface area contributed by atoms with E-state index >= 15 is 0 Å². The van der Waals surface area contributed by atoms with Crippen LogP contribution in [0.5, 0.6) is 0 Å². The number of amides is 2. The topological polar surface area (TPSA) is 82.9 Å². The molecule has 0 spiro atoms. The molecule has 0 unspecified atom stereocenters. The monoisotopic (exact) mass is 402 g/mol. The summed E-state index contributed by atoms with van der Waals surface area (Å²) < 4.78 is 13.6. The molecule has 1 heterocycles. The number of nitrogens with zero attached hydrogens (tertiary/aromatic N) is 2. The summed E-state index contributed by atoms with van der Waals surface area (Å²) >= 11 is 1.16. The molecule has 148 valence electrons. The maximum absolute atomic E-state index is 13.6. The standard InChI is InChI=1S/C20H23FN4O2S/c1-12-8-13(11-20(2,3)10-12)24-25-19-23-18(27)16(28-19)9-17(26)22-15-7-5-4-6-14(15)21/h4-8,16H,9-11H2,1-3H3,(H,22,26)(H,23,25,27)/t16-/m1/s1. The molecule has 1 aromatic carbocycles. The number of hydrogen-bond acceptors (Lipinski definition) is 5. The fourth-order valence-corrected chi connectivity index (χ4v) is 4.30. The lowest BCUT2D eigenvalue weighted by atomic mass is 9.77. The Kier molecular flexibility index (Phi) is 5.98. The summed E-state index contributed by atoms with van der Waals surface area (Å²) in [6.07, 6.45) is 3.78. The summed E-state index contributed by atoms with van der Waals surface area (Å²) in [5, 5.41) is 13.3. The van der Waals surface area contributed by atoms with Gasteiger partial charge in [-0.3, -0.25) is 9.59 Å². The van der Waals surface area contributed by atoms with Gasteiger partial charge in [-0.25, -0.2) is 4.39 Å². The van der Waals surface area contributed by atoms with Crippen LogP contribution in [-0.4, -0.2) is 27.9 Å². The number of anilines is 1. The first-order valence-corrected chi connectivity index (χ1v) is 9.93. The molecule has 1 atom stereocenters. The Hall–Kier alpha value is -2.48. The summed E-state index contributed by atoms with van der Waals surface area (Å²) in [5.41, 5.74) is 2.35. The molecule has 0 radical (unpaired) electrons. The average molecular weight is 402 g/mol. The summed E-state index contributed by atoms with van der Waals surface area (Å²) in [4.78, 5) is 24.3. The number of rotatable bonds is 4. The van der Waals surface area contributed by atoms with Gasteiger partial charge in [0.25, 0.3) is 0 Å². The van der Waals surface area contributed by atoms with E-state index < -0.39 is 17.0 Å². The zero-order valence-corrected chi connectivity index (χ0v) is 16.9. The number of para-hydroxylation sites is 1. The van der Waals surface area contributed by atoms with Gasteiger partial charge in [0.1, 0.15) is 11.1 Å². The van der Waals surface area contributed by atoms with Crippen molar-refractivity contribution in [3.8, 4) is 0 Å². The highest BCUT2D eigenvalue weighted by Gasteiger charge is 2.32. The van der Waals surface area contributed by atoms with Crippen molar-refractivity contribution in [2.24, 2.45) is 15.6 Å². The summed E-state index contributed by atoms with van der Waals surface area (Å²) in [7, 11) is 0. The Morgan fingerprint density at radius 3 is 2.79 bits per heavy atom. The molecule has 2 aliphatic rings. The van der Waals surface area contributed by atoms with Crippen molar-refractivity contribution in [3.63, 3.8) is 0 Å². The van der Waals surface area contributed by atoms with Gasteiger partial charge in [0, 0.05) is 6.42 Å². The minimum atomic E-state index is -0.620. The van der Waals surface area contributed by atoms with Crippen LogP contribution in [-0.2, 0) is 9.59 Å². The Bertz CT molecular complexity index is 892. The number of amidine groups is 1. The third-order valence-electron chi connectivity index (χ3n) is 4.39. The van der Waals surface area contributed by atoms with E-state index in [4.69, 9.17) is 0 Å². The van der Waals surface area contributed by atoms with E-state index in [0.29, 0.717) is 5.17 Å². The second kappa shape index (κ2) is 8.26. The zero-order chi connectivity index (χ0) is 20.3. The lowest BCUT2D eigenvalue weighted by molar-refractivity contribution is -0.122. The van der Waals surface area contributed by atoms with Crippen LogP contribution in [0.3, 0.4) is 0 Å². The minimum Gasteiger partial charge on any atom is -0.324 e. The molecule has 2 amide bonds. The van der Waals surface area contributed by atoms with Gasteiger partial charge in [-0.15, -0.1) is 5.10 Å². The molecule has 2 N–H and O–H groups in total. The number of carbonyl (C=O) groups excluding carboxylic acids is 2. The first-order chi connectivity index (χ1) is 13.2. The van der Waals surface area contributed by atoms with E-state index in [1.807, 2.05) is 6.08 Å². The SMILES string of the molecule is CC1=CC(=N/N=C2\NC(=O)[C@@H](CC(=O)Nc3ccccc3F)S2)CC(C)(C)C1. The van der Waals surface area contributed by atoms with Gasteiger partial charge < -0.3 is 10.6 Å². The highest BCUT2D eigenvalue weighted by molar-refractivity contribution is 8.15. The van der Waals surface area contributed by atoms with Crippen LogP contribution < -0.4 is 10.6 Å². The summed E-state index contributed by atoms with van der Waals surface area (Å²) in [6, 6.07) is 5.90. The maximum Gasteiger partial charge on any atom is 0.240 e. The molecule has 28 heavy (non-hydrogen) atoms. The van der Waals surface area contributed by atoms with Crippen LogP contribution in [0.1, 0.15) is 40.0 Å². The number of allylic oxidation sites excluding steroid dienone is 2. The maximum atomic E-state index is 13.6. The van der Waals surface area contributed by atoms with Gasteiger partial charge >= 0.3 is 0 Å². The van der Waals surface area contributed by atoms with Gasteiger partial charge in [0.15, 0.2) is 5.17 Å². The van der Waals surface area contributed by atoms with Crippen molar-refractivity contribution in [3.05, 3.63) is 41.7 Å². The highest BCUT2D eigenvalue weighted by Crippen LogP contribution is 2.34. The van der Waals surface area contributed by atoms with Gasteiger partial charge in [-0.2, -0.15) is 5.10 Å². The van der Waals surface area contributed by atoms with Crippen molar-refractivity contribution >= 4 is 40.1 Å². The number of carbonyl (C=O) groups is 2. The molecule has 1 aliphatic carbocycles. The number of thioether (sulfide) groups is 1. The van der Waals surface area contributed by atoms with Crippen LogP contribution in [0.4, 0.5) is 10.1 Å². The van der Waals surface area contributed by atoms with E-state index in [1.165, 1.54) is 17.7 Å². The van der Waals surface area contributed by atoms with E-state index in [9.17, 15) is 14.0 Å². The lowest BCUT2D eigenvalue weighted by Gasteiger charge is -2.28. The predicted octanol–water partition coefficient (Wildman–Crippen LogP) is 3.86. The molecule has 0 bridgehead atoms. The van der Waals surface area contributed by atoms with Gasteiger partial charge in [-0.1, -0.05) is 43.3 Å². The molecule has 8 heteroatoms. The number of nitrogens with one attached hydrogen (secondary N) is 2. The fourth-order valence-electron chi connectivity index (χ4n) is 3.39. The molecular formula is C20H23FN4O2S. The van der Waals surface area contributed by atoms with Crippen LogP contribution >= 0.6 is 11.8 Å². The summed E-state index contributed by atoms with van der Waals surface area (Å²) in [6.45, 7) is 6.44. The second-order valence-corrected chi connectivity index (χ2v) is 9.02. The third kappa shape index (κ3) is 5.28. The van der Waals surface area contributed by atoms with Crippen molar-refractivity contribution in [1.82, 2.24) is 5.32 Å². The quantitative estimate of drug-likeness (QED) is 0.750. The molecule has 3 rings (SSSR count). The predicted molar refractivity (Wildman–Crippen MR) is 111 cm³/mol.